The number of hydrogen-bond donors (Lipinski definition) is 2. The van der Waals surface area contributed by atoms with E-state index in [1.807, 2.05) is 0 Å². The van der Waals surface area contributed by atoms with E-state index in [1.54, 1.807) is 36.8 Å². The van der Waals surface area contributed by atoms with Crippen molar-refractivity contribution in [1.82, 2.24) is 10.3 Å². The molecule has 0 bridgehead atoms. The Morgan fingerprint density at radius 1 is 1.04 bits per heavy atom. The van der Waals surface area contributed by atoms with Crippen molar-refractivity contribution in [3.05, 3.63) is 40.9 Å². The predicted octanol–water partition coefficient (Wildman–Crippen LogP) is 4.25. The maximum absolute atomic E-state index is 12.5. The summed E-state index contributed by atoms with van der Waals surface area (Å²) in [6.45, 7) is 0. The van der Waals surface area contributed by atoms with Crippen LogP contribution in [0.1, 0.15) is 65.8 Å². The SMILES string of the molecule is COc1ccc(C(=O)Nc2nc(C(=O)NC3CCCCCCC3)cs2)cc1. The van der Waals surface area contributed by atoms with Gasteiger partial charge in [0.2, 0.25) is 0 Å². The van der Waals surface area contributed by atoms with Crippen LogP contribution >= 0.6 is 11.3 Å². The van der Waals surface area contributed by atoms with Crippen LogP contribution in [0.4, 0.5) is 5.13 Å². The number of benzene rings is 1. The molecule has 0 saturated heterocycles. The number of hydrogen-bond acceptors (Lipinski definition) is 5. The highest BCUT2D eigenvalue weighted by Gasteiger charge is 2.18. The zero-order chi connectivity index (χ0) is 19.1. The first kappa shape index (κ1) is 19.4. The predicted molar refractivity (Wildman–Crippen MR) is 107 cm³/mol. The van der Waals surface area contributed by atoms with Gasteiger partial charge in [-0.2, -0.15) is 0 Å². The van der Waals surface area contributed by atoms with Crippen molar-refractivity contribution >= 4 is 28.3 Å². The number of anilines is 1. The van der Waals surface area contributed by atoms with Crippen LogP contribution in [-0.2, 0) is 0 Å². The van der Waals surface area contributed by atoms with Crippen molar-refractivity contribution in [2.24, 2.45) is 0 Å². The number of methoxy groups -OCH3 is 1. The number of carbonyl (C=O) groups is 2. The normalized spacial score (nSPS) is 15.4. The zero-order valence-electron chi connectivity index (χ0n) is 15.5. The Balaban J connectivity index is 1.56. The Labute approximate surface area is 163 Å². The van der Waals surface area contributed by atoms with E-state index in [9.17, 15) is 9.59 Å². The van der Waals surface area contributed by atoms with Crippen LogP contribution in [-0.4, -0.2) is 29.9 Å². The lowest BCUT2D eigenvalue weighted by molar-refractivity contribution is 0.0925. The van der Waals surface area contributed by atoms with Crippen LogP contribution < -0.4 is 15.4 Å². The van der Waals surface area contributed by atoms with Gasteiger partial charge >= 0.3 is 0 Å². The van der Waals surface area contributed by atoms with Crippen LogP contribution in [0.5, 0.6) is 5.75 Å². The third-order valence-corrected chi connectivity index (χ3v) is 5.51. The van der Waals surface area contributed by atoms with Crippen molar-refractivity contribution in [2.75, 3.05) is 12.4 Å². The first-order valence-electron chi connectivity index (χ1n) is 9.37. The first-order chi connectivity index (χ1) is 13.2. The van der Waals surface area contributed by atoms with Gasteiger partial charge in [-0.15, -0.1) is 11.3 Å². The molecule has 0 atom stereocenters. The van der Waals surface area contributed by atoms with E-state index in [-0.39, 0.29) is 17.9 Å². The smallest absolute Gasteiger partial charge is 0.271 e. The molecule has 2 N–H and O–H groups in total. The second kappa shape index (κ2) is 9.50. The van der Waals surface area contributed by atoms with Gasteiger partial charge in [-0.05, 0) is 37.1 Å². The highest BCUT2D eigenvalue weighted by atomic mass is 32.1. The molecule has 0 spiro atoms. The van der Waals surface area contributed by atoms with E-state index in [2.05, 4.69) is 15.6 Å². The summed E-state index contributed by atoms with van der Waals surface area (Å²) in [6.07, 6.45) is 8.14. The topological polar surface area (TPSA) is 80.3 Å². The maximum Gasteiger partial charge on any atom is 0.271 e. The molecule has 1 fully saturated rings. The van der Waals surface area contributed by atoms with Gasteiger partial charge in [0.1, 0.15) is 11.4 Å². The van der Waals surface area contributed by atoms with E-state index >= 15 is 0 Å². The molecule has 1 aromatic heterocycles. The average molecular weight is 388 g/mol. The lowest BCUT2D eigenvalue weighted by atomic mass is 9.97. The van der Waals surface area contributed by atoms with Crippen molar-refractivity contribution < 1.29 is 14.3 Å². The summed E-state index contributed by atoms with van der Waals surface area (Å²) >= 11 is 1.25. The quantitative estimate of drug-likeness (QED) is 0.804. The number of nitrogens with one attached hydrogen (secondary N) is 2. The van der Waals surface area contributed by atoms with Crippen LogP contribution in [0, 0.1) is 0 Å². The van der Waals surface area contributed by atoms with Crippen molar-refractivity contribution in [1.29, 1.82) is 0 Å². The number of thiazole rings is 1. The maximum atomic E-state index is 12.5. The van der Waals surface area contributed by atoms with Gasteiger partial charge in [0.25, 0.3) is 11.8 Å². The number of rotatable bonds is 5. The van der Waals surface area contributed by atoms with Gasteiger partial charge in [0.05, 0.1) is 7.11 Å². The zero-order valence-corrected chi connectivity index (χ0v) is 16.3. The van der Waals surface area contributed by atoms with Crippen LogP contribution in [0.25, 0.3) is 0 Å². The molecule has 1 saturated carbocycles. The average Bonchev–Trinajstić information content (AvgIpc) is 3.12. The summed E-state index contributed by atoms with van der Waals surface area (Å²) in [6, 6.07) is 7.04. The fraction of sp³-hybridized carbons (Fsp3) is 0.450. The summed E-state index contributed by atoms with van der Waals surface area (Å²) in [5, 5.41) is 7.93. The van der Waals surface area contributed by atoms with E-state index in [1.165, 1.54) is 30.6 Å². The highest BCUT2D eigenvalue weighted by Crippen LogP contribution is 2.20. The molecule has 3 rings (SSSR count). The largest absolute Gasteiger partial charge is 0.497 e. The van der Waals surface area contributed by atoms with Gasteiger partial charge in [-0.3, -0.25) is 14.9 Å². The lowest BCUT2D eigenvalue weighted by Crippen LogP contribution is -2.35. The second-order valence-electron chi connectivity index (χ2n) is 6.74. The van der Waals surface area contributed by atoms with E-state index in [0.29, 0.717) is 22.1 Å². The number of nitrogens with zero attached hydrogens (tertiary/aromatic N) is 1. The fourth-order valence-corrected chi connectivity index (χ4v) is 3.89. The van der Waals surface area contributed by atoms with Gasteiger partial charge in [-0.1, -0.05) is 32.1 Å². The molecule has 6 nitrogen and oxygen atoms in total. The van der Waals surface area contributed by atoms with Gasteiger partial charge in [0.15, 0.2) is 5.13 Å². The third kappa shape index (κ3) is 5.53. The number of carbonyl (C=O) groups excluding carboxylic acids is 2. The minimum atomic E-state index is -0.265. The number of aromatic nitrogens is 1. The highest BCUT2D eigenvalue weighted by molar-refractivity contribution is 7.14. The summed E-state index contributed by atoms with van der Waals surface area (Å²) in [7, 11) is 1.58. The Morgan fingerprint density at radius 3 is 2.37 bits per heavy atom. The molecule has 0 aliphatic heterocycles. The van der Waals surface area contributed by atoms with Crippen molar-refractivity contribution in [3.8, 4) is 5.75 Å². The molecule has 144 valence electrons. The summed E-state index contributed by atoms with van der Waals surface area (Å²) < 4.78 is 5.09. The van der Waals surface area contributed by atoms with E-state index in [0.717, 1.165) is 25.7 Å². The number of ether oxygens (including phenoxy) is 1. The Hall–Kier alpha value is -2.41. The van der Waals surface area contributed by atoms with Gasteiger partial charge in [-0.25, -0.2) is 4.98 Å². The molecular weight excluding hydrogens is 362 g/mol. The monoisotopic (exact) mass is 387 g/mol. The Bertz CT molecular complexity index is 765. The summed E-state index contributed by atoms with van der Waals surface area (Å²) in [4.78, 5) is 29.0. The first-order valence-corrected chi connectivity index (χ1v) is 10.3. The van der Waals surface area contributed by atoms with Crippen LogP contribution in [0.15, 0.2) is 29.6 Å². The number of amides is 2. The standard InChI is InChI=1S/C20H25N3O3S/c1-26-16-11-9-14(10-12-16)18(24)23-20-22-17(13-27-20)19(25)21-15-7-5-3-2-4-6-8-15/h9-13,15H,2-8H2,1H3,(H,21,25)(H,22,23,24). The van der Waals surface area contributed by atoms with E-state index < -0.39 is 0 Å². The van der Waals surface area contributed by atoms with Gasteiger partial charge in [0, 0.05) is 17.0 Å². The molecule has 1 heterocycles. The Kier molecular flexibility index (Phi) is 6.81. The molecule has 27 heavy (non-hydrogen) atoms. The van der Waals surface area contributed by atoms with E-state index in [4.69, 9.17) is 4.74 Å². The molecule has 1 aromatic carbocycles. The minimum Gasteiger partial charge on any atom is -0.497 e. The fourth-order valence-electron chi connectivity index (χ4n) is 3.21. The minimum absolute atomic E-state index is 0.165. The molecule has 1 aliphatic rings. The van der Waals surface area contributed by atoms with Crippen molar-refractivity contribution in [3.63, 3.8) is 0 Å². The molecular formula is C20H25N3O3S. The molecule has 7 heteroatoms. The molecule has 2 aromatic rings. The lowest BCUT2D eigenvalue weighted by Gasteiger charge is -2.20. The molecule has 2 amide bonds. The molecule has 0 radical (unpaired) electrons. The van der Waals surface area contributed by atoms with Crippen LogP contribution in [0.3, 0.4) is 0 Å². The molecule has 1 aliphatic carbocycles. The summed E-state index contributed by atoms with van der Waals surface area (Å²) in [5.74, 6) is 0.259. The second-order valence-corrected chi connectivity index (χ2v) is 7.59. The van der Waals surface area contributed by atoms with Gasteiger partial charge < -0.3 is 10.1 Å². The van der Waals surface area contributed by atoms with Crippen LogP contribution in [0.2, 0.25) is 0 Å². The summed E-state index contributed by atoms with van der Waals surface area (Å²) in [5.41, 5.74) is 0.860. The van der Waals surface area contributed by atoms with Crippen molar-refractivity contribution in [2.45, 2.75) is 51.0 Å². The Morgan fingerprint density at radius 2 is 1.70 bits per heavy atom. The molecule has 0 unspecified atom stereocenters. The third-order valence-electron chi connectivity index (χ3n) is 4.75.